The predicted molar refractivity (Wildman–Crippen MR) is 73.8 cm³/mol. The number of fused-ring (bicyclic) bond motifs is 2. The zero-order valence-electron chi connectivity index (χ0n) is 10.6. The van der Waals surface area contributed by atoms with Crippen molar-refractivity contribution in [3.05, 3.63) is 12.2 Å². The summed E-state index contributed by atoms with van der Waals surface area (Å²) in [7, 11) is 0. The fourth-order valence-corrected chi connectivity index (χ4v) is 3.23. The lowest BCUT2D eigenvalue weighted by atomic mass is 10.0. The van der Waals surface area contributed by atoms with E-state index in [0.29, 0.717) is 18.4 Å². The summed E-state index contributed by atoms with van der Waals surface area (Å²) in [5.41, 5.74) is -0.147. The average molecular weight is 254 g/mol. The summed E-state index contributed by atoms with van der Waals surface area (Å²) in [6.45, 7) is 4.29. The summed E-state index contributed by atoms with van der Waals surface area (Å²) >= 11 is 5.34. The second-order valence-corrected chi connectivity index (χ2v) is 6.25. The lowest BCUT2D eigenvalue weighted by Crippen LogP contribution is -2.51. The van der Waals surface area contributed by atoms with Crippen molar-refractivity contribution < 1.29 is 5.11 Å². The van der Waals surface area contributed by atoms with E-state index in [1.54, 1.807) is 0 Å². The molecule has 2 rings (SSSR count). The number of allylic oxidation sites excluding steroid dienone is 1. The van der Waals surface area contributed by atoms with Crippen molar-refractivity contribution in [2.45, 2.75) is 44.7 Å². The van der Waals surface area contributed by atoms with Crippen molar-refractivity contribution in [1.82, 2.24) is 10.6 Å². The summed E-state index contributed by atoms with van der Waals surface area (Å²) in [6, 6.07) is 0.495. The van der Waals surface area contributed by atoms with E-state index in [9.17, 15) is 0 Å². The molecule has 0 spiro atoms. The molecule has 2 aliphatic carbocycles. The smallest absolute Gasteiger partial charge is 0.166 e. The van der Waals surface area contributed by atoms with E-state index in [-0.39, 0.29) is 12.1 Å². The highest BCUT2D eigenvalue weighted by Crippen LogP contribution is 2.38. The quantitative estimate of drug-likeness (QED) is 0.526. The van der Waals surface area contributed by atoms with Crippen LogP contribution in [0, 0.1) is 11.8 Å². The van der Waals surface area contributed by atoms with E-state index in [1.165, 1.54) is 12.8 Å². The Morgan fingerprint density at radius 3 is 2.71 bits per heavy atom. The van der Waals surface area contributed by atoms with Gasteiger partial charge in [0.2, 0.25) is 0 Å². The van der Waals surface area contributed by atoms with Crippen LogP contribution in [0.15, 0.2) is 12.2 Å². The molecule has 2 aliphatic rings. The summed E-state index contributed by atoms with van der Waals surface area (Å²) in [4.78, 5) is 0. The van der Waals surface area contributed by atoms with Gasteiger partial charge >= 0.3 is 0 Å². The predicted octanol–water partition coefficient (Wildman–Crippen LogP) is 1.58. The van der Waals surface area contributed by atoms with Crippen LogP contribution in [0.5, 0.6) is 0 Å². The van der Waals surface area contributed by atoms with Crippen molar-refractivity contribution in [3.8, 4) is 0 Å². The van der Waals surface area contributed by atoms with Gasteiger partial charge in [0.05, 0.1) is 0 Å². The van der Waals surface area contributed by atoms with Crippen LogP contribution in [0.25, 0.3) is 0 Å². The lowest BCUT2D eigenvalue weighted by Gasteiger charge is -2.30. The molecule has 4 heteroatoms. The molecule has 0 aliphatic heterocycles. The van der Waals surface area contributed by atoms with E-state index in [2.05, 4.69) is 36.6 Å². The van der Waals surface area contributed by atoms with E-state index in [1.807, 2.05) is 0 Å². The first-order valence-electron chi connectivity index (χ1n) is 6.38. The van der Waals surface area contributed by atoms with Gasteiger partial charge in [-0.25, -0.2) is 0 Å². The molecule has 17 heavy (non-hydrogen) atoms. The van der Waals surface area contributed by atoms with Crippen LogP contribution in [0.4, 0.5) is 0 Å². The van der Waals surface area contributed by atoms with Gasteiger partial charge in [-0.2, -0.15) is 0 Å². The van der Waals surface area contributed by atoms with Gasteiger partial charge in [-0.1, -0.05) is 12.2 Å². The van der Waals surface area contributed by atoms with Crippen LogP contribution in [0.3, 0.4) is 0 Å². The van der Waals surface area contributed by atoms with E-state index in [0.717, 1.165) is 11.0 Å². The Hall–Kier alpha value is -0.610. The van der Waals surface area contributed by atoms with Gasteiger partial charge in [-0.15, -0.1) is 0 Å². The third-order valence-corrected chi connectivity index (χ3v) is 4.00. The molecule has 3 N–H and O–H groups in total. The average Bonchev–Trinajstić information content (AvgIpc) is 2.77. The van der Waals surface area contributed by atoms with Crippen molar-refractivity contribution in [3.63, 3.8) is 0 Å². The Bertz CT molecular complexity index is 327. The number of aliphatic hydroxyl groups excluding tert-OH is 1. The highest BCUT2D eigenvalue weighted by Gasteiger charge is 2.36. The Labute approximate surface area is 109 Å². The molecule has 1 fully saturated rings. The van der Waals surface area contributed by atoms with Crippen molar-refractivity contribution in [1.29, 1.82) is 0 Å². The van der Waals surface area contributed by atoms with Crippen LogP contribution in [-0.4, -0.2) is 28.4 Å². The Morgan fingerprint density at radius 2 is 2.18 bits per heavy atom. The minimum Gasteiger partial charge on any atom is -0.396 e. The molecule has 0 amide bonds. The number of rotatable bonds is 4. The van der Waals surface area contributed by atoms with Crippen LogP contribution in [-0.2, 0) is 0 Å². The molecule has 0 aromatic carbocycles. The molecule has 0 aromatic rings. The third kappa shape index (κ3) is 3.19. The first kappa shape index (κ1) is 12.8. The topological polar surface area (TPSA) is 44.3 Å². The van der Waals surface area contributed by atoms with Crippen molar-refractivity contribution >= 4 is 17.3 Å². The molecule has 0 saturated heterocycles. The number of nitrogens with one attached hydrogen (secondary N) is 2. The van der Waals surface area contributed by atoms with Crippen LogP contribution < -0.4 is 10.6 Å². The number of thiocarbonyl (C=S) groups is 1. The minimum atomic E-state index is -0.147. The zero-order chi connectivity index (χ0) is 12.5. The molecule has 0 heterocycles. The Morgan fingerprint density at radius 1 is 1.41 bits per heavy atom. The fourth-order valence-electron chi connectivity index (χ4n) is 2.80. The van der Waals surface area contributed by atoms with Crippen LogP contribution >= 0.6 is 12.2 Å². The van der Waals surface area contributed by atoms with Gasteiger partial charge in [-0.3, -0.25) is 0 Å². The summed E-state index contributed by atoms with van der Waals surface area (Å²) in [6.07, 6.45) is 7.82. The molecule has 3 atom stereocenters. The van der Waals surface area contributed by atoms with Gasteiger partial charge in [0, 0.05) is 18.2 Å². The van der Waals surface area contributed by atoms with Gasteiger partial charge in [0.25, 0.3) is 0 Å². The molecular formula is C13H22N2OS. The maximum atomic E-state index is 8.97. The molecule has 1 saturated carbocycles. The lowest BCUT2D eigenvalue weighted by molar-refractivity contribution is 0.244. The number of hydrogen-bond acceptors (Lipinski definition) is 2. The number of hydrogen-bond donors (Lipinski definition) is 3. The van der Waals surface area contributed by atoms with Gasteiger partial charge in [-0.05, 0) is 57.2 Å². The second-order valence-electron chi connectivity index (χ2n) is 5.84. The zero-order valence-corrected chi connectivity index (χ0v) is 11.4. The summed E-state index contributed by atoms with van der Waals surface area (Å²) in [5, 5.41) is 16.4. The monoisotopic (exact) mass is 254 g/mol. The molecule has 0 aromatic heterocycles. The van der Waals surface area contributed by atoms with Crippen LogP contribution in [0.2, 0.25) is 0 Å². The van der Waals surface area contributed by atoms with Crippen molar-refractivity contribution in [2.24, 2.45) is 11.8 Å². The van der Waals surface area contributed by atoms with Gasteiger partial charge in [0.1, 0.15) is 0 Å². The van der Waals surface area contributed by atoms with Gasteiger partial charge < -0.3 is 15.7 Å². The van der Waals surface area contributed by atoms with E-state index >= 15 is 0 Å². The number of aliphatic hydroxyl groups is 1. The maximum absolute atomic E-state index is 8.97. The van der Waals surface area contributed by atoms with Crippen molar-refractivity contribution in [2.75, 3.05) is 6.61 Å². The third-order valence-electron chi connectivity index (χ3n) is 3.78. The minimum absolute atomic E-state index is 0.147. The maximum Gasteiger partial charge on any atom is 0.166 e. The largest absolute Gasteiger partial charge is 0.396 e. The molecular weight excluding hydrogens is 232 g/mol. The fraction of sp³-hybridized carbons (Fsp3) is 0.769. The summed E-state index contributed by atoms with van der Waals surface area (Å²) < 4.78 is 0. The second kappa shape index (κ2) is 4.94. The van der Waals surface area contributed by atoms with E-state index in [4.69, 9.17) is 17.3 Å². The standard InChI is InChI=1S/C13H22N2OS/c1-13(2,5-6-16)15-12(17)14-11-8-9-3-4-10(11)7-9/h3-4,9-11,16H,5-8H2,1-2H3,(H2,14,15,17)/t9-,10+,11-/m1/s1. The normalized spacial score (nSPS) is 30.6. The summed E-state index contributed by atoms with van der Waals surface area (Å²) in [5.74, 6) is 1.41. The molecule has 0 unspecified atom stereocenters. The molecule has 2 bridgehead atoms. The highest BCUT2D eigenvalue weighted by molar-refractivity contribution is 7.80. The van der Waals surface area contributed by atoms with Crippen LogP contribution in [0.1, 0.15) is 33.1 Å². The SMILES string of the molecule is CC(C)(CCO)NC(=S)N[C@@H]1C[C@@H]2C=C[C@H]1C2. The first-order valence-corrected chi connectivity index (χ1v) is 6.79. The Kier molecular flexibility index (Phi) is 3.73. The molecule has 96 valence electrons. The van der Waals surface area contributed by atoms with E-state index < -0.39 is 0 Å². The first-order chi connectivity index (χ1) is 8.00. The Balaban J connectivity index is 1.80. The molecule has 3 nitrogen and oxygen atoms in total. The molecule has 0 radical (unpaired) electrons. The highest BCUT2D eigenvalue weighted by atomic mass is 32.1. The van der Waals surface area contributed by atoms with Gasteiger partial charge in [0.15, 0.2) is 5.11 Å².